The molecule has 2 aliphatic rings. The molecule has 2 aromatic carbocycles. The molecule has 4 rings (SSSR count). The van der Waals surface area contributed by atoms with Gasteiger partial charge in [-0.25, -0.2) is 0 Å². The van der Waals surface area contributed by atoms with Gasteiger partial charge in [-0.1, -0.05) is 54.6 Å². The second kappa shape index (κ2) is 5.53. The van der Waals surface area contributed by atoms with Crippen molar-refractivity contribution in [2.75, 3.05) is 5.32 Å². The van der Waals surface area contributed by atoms with Crippen molar-refractivity contribution in [3.63, 3.8) is 0 Å². The Hall–Kier alpha value is -2.81. The van der Waals surface area contributed by atoms with E-state index in [2.05, 4.69) is 58.9 Å². The summed E-state index contributed by atoms with van der Waals surface area (Å²) in [4.78, 5) is 7.10. The maximum Gasteiger partial charge on any atom is 0.132 e. The molecule has 2 heterocycles. The van der Waals surface area contributed by atoms with Gasteiger partial charge in [-0.05, 0) is 29.8 Å². The number of aliphatic imine (C=N–C) groups is 1. The molecule has 0 saturated heterocycles. The first kappa shape index (κ1) is 12.9. The molecule has 0 saturated carbocycles. The molecule has 2 atom stereocenters. The van der Waals surface area contributed by atoms with Crippen LogP contribution in [0, 0.1) is 0 Å². The monoisotopic (exact) mass is 287 g/mol. The van der Waals surface area contributed by atoms with Gasteiger partial charge in [0.15, 0.2) is 0 Å². The zero-order valence-corrected chi connectivity index (χ0v) is 12.1. The molecule has 0 aromatic heterocycles. The number of benzene rings is 2. The largest absolute Gasteiger partial charge is 0.363 e. The van der Waals surface area contributed by atoms with E-state index in [-0.39, 0.29) is 12.2 Å². The first-order chi connectivity index (χ1) is 10.9. The summed E-state index contributed by atoms with van der Waals surface area (Å²) in [7, 11) is 0. The quantitative estimate of drug-likeness (QED) is 0.925. The normalized spacial score (nSPS) is 22.4. The van der Waals surface area contributed by atoms with Crippen LogP contribution in [-0.4, -0.2) is 16.9 Å². The average molecular weight is 287 g/mol. The number of hydrogen-bond acceptors (Lipinski definition) is 3. The van der Waals surface area contributed by atoms with E-state index < -0.39 is 0 Å². The van der Waals surface area contributed by atoms with Crippen molar-refractivity contribution >= 4 is 11.5 Å². The summed E-state index contributed by atoms with van der Waals surface area (Å²) in [6.07, 6.45) is 8.31. The molecule has 3 heteroatoms. The molecule has 0 fully saturated rings. The Kier molecular flexibility index (Phi) is 3.24. The summed E-state index contributed by atoms with van der Waals surface area (Å²) < 4.78 is 0. The number of hydrogen-bond donors (Lipinski definition) is 1. The fourth-order valence-electron chi connectivity index (χ4n) is 2.92. The highest BCUT2D eigenvalue weighted by molar-refractivity contribution is 5.97. The highest BCUT2D eigenvalue weighted by atomic mass is 15.4. The van der Waals surface area contributed by atoms with Crippen molar-refractivity contribution in [3.05, 3.63) is 90.7 Å². The topological polar surface area (TPSA) is 27.6 Å². The van der Waals surface area contributed by atoms with Crippen molar-refractivity contribution in [3.8, 4) is 0 Å². The molecule has 2 aromatic rings. The van der Waals surface area contributed by atoms with Crippen molar-refractivity contribution in [1.82, 2.24) is 4.90 Å². The standard InChI is InChI=1S/C19H17N3/c1-3-9-15(10-4-1)18-19(20-16-11-5-2-6-12-16)22-14-8-7-13-17(22)21-18/h1-14,18-20H. The summed E-state index contributed by atoms with van der Waals surface area (Å²) >= 11 is 0. The van der Waals surface area contributed by atoms with Crippen LogP contribution in [-0.2, 0) is 0 Å². The second-order valence-corrected chi connectivity index (χ2v) is 5.41. The van der Waals surface area contributed by atoms with Crippen LogP contribution in [0.5, 0.6) is 0 Å². The third-order valence-corrected chi connectivity index (χ3v) is 3.97. The van der Waals surface area contributed by atoms with E-state index in [1.165, 1.54) is 5.56 Å². The highest BCUT2D eigenvalue weighted by Gasteiger charge is 2.35. The minimum atomic E-state index is 0.0730. The van der Waals surface area contributed by atoms with E-state index in [1.807, 2.05) is 36.4 Å². The van der Waals surface area contributed by atoms with Crippen LogP contribution in [0.1, 0.15) is 11.6 Å². The van der Waals surface area contributed by atoms with Crippen LogP contribution in [0.15, 0.2) is 90.1 Å². The zero-order chi connectivity index (χ0) is 14.8. The predicted octanol–water partition coefficient (Wildman–Crippen LogP) is 3.96. The van der Waals surface area contributed by atoms with Gasteiger partial charge in [0.2, 0.25) is 0 Å². The van der Waals surface area contributed by atoms with Crippen LogP contribution in [0.2, 0.25) is 0 Å². The number of allylic oxidation sites excluding steroid dienone is 2. The van der Waals surface area contributed by atoms with Gasteiger partial charge in [0.1, 0.15) is 18.0 Å². The van der Waals surface area contributed by atoms with Crippen LogP contribution in [0.25, 0.3) is 0 Å². The van der Waals surface area contributed by atoms with E-state index in [0.717, 1.165) is 11.5 Å². The fraction of sp³-hybridized carbons (Fsp3) is 0.105. The number of para-hydroxylation sites is 1. The Balaban J connectivity index is 1.70. The van der Waals surface area contributed by atoms with Crippen molar-refractivity contribution < 1.29 is 0 Å². The van der Waals surface area contributed by atoms with Crippen LogP contribution in [0.4, 0.5) is 5.69 Å². The van der Waals surface area contributed by atoms with Crippen molar-refractivity contribution in [2.24, 2.45) is 4.99 Å². The van der Waals surface area contributed by atoms with E-state index in [4.69, 9.17) is 4.99 Å². The molecule has 22 heavy (non-hydrogen) atoms. The van der Waals surface area contributed by atoms with E-state index >= 15 is 0 Å². The molecular weight excluding hydrogens is 270 g/mol. The van der Waals surface area contributed by atoms with Gasteiger partial charge in [0.25, 0.3) is 0 Å². The van der Waals surface area contributed by atoms with Crippen LogP contribution < -0.4 is 5.32 Å². The lowest BCUT2D eigenvalue weighted by molar-refractivity contribution is 0.424. The van der Waals surface area contributed by atoms with E-state index in [0.29, 0.717) is 0 Å². The van der Waals surface area contributed by atoms with Crippen molar-refractivity contribution in [2.45, 2.75) is 12.2 Å². The maximum atomic E-state index is 4.90. The van der Waals surface area contributed by atoms with Crippen LogP contribution in [0.3, 0.4) is 0 Å². The Morgan fingerprint density at radius 2 is 1.59 bits per heavy atom. The molecule has 0 spiro atoms. The van der Waals surface area contributed by atoms with Gasteiger partial charge in [-0.3, -0.25) is 4.99 Å². The first-order valence-corrected chi connectivity index (χ1v) is 7.49. The summed E-state index contributed by atoms with van der Waals surface area (Å²) in [5, 5.41) is 3.61. The molecule has 0 amide bonds. The predicted molar refractivity (Wildman–Crippen MR) is 90.6 cm³/mol. The van der Waals surface area contributed by atoms with Gasteiger partial charge in [-0.2, -0.15) is 0 Å². The smallest absolute Gasteiger partial charge is 0.132 e. The summed E-state index contributed by atoms with van der Waals surface area (Å²) in [5.74, 6) is 1.00. The molecule has 108 valence electrons. The number of amidine groups is 1. The lowest BCUT2D eigenvalue weighted by Crippen LogP contribution is -2.39. The molecule has 3 nitrogen and oxygen atoms in total. The minimum Gasteiger partial charge on any atom is -0.363 e. The first-order valence-electron chi connectivity index (χ1n) is 7.49. The number of anilines is 1. The maximum absolute atomic E-state index is 4.90. The SMILES string of the molecule is C1=CC2=NC(c3ccccc3)C(Nc3ccccc3)N2C=C1. The Morgan fingerprint density at radius 3 is 2.36 bits per heavy atom. The second-order valence-electron chi connectivity index (χ2n) is 5.41. The Labute approximate surface area is 130 Å². The van der Waals surface area contributed by atoms with Gasteiger partial charge < -0.3 is 10.2 Å². The molecular formula is C19H17N3. The number of rotatable bonds is 3. The molecule has 0 bridgehead atoms. The number of nitrogens with one attached hydrogen (secondary N) is 1. The van der Waals surface area contributed by atoms with Gasteiger partial charge in [0, 0.05) is 11.9 Å². The highest BCUT2D eigenvalue weighted by Crippen LogP contribution is 2.33. The summed E-state index contributed by atoms with van der Waals surface area (Å²) in [6.45, 7) is 0. The average Bonchev–Trinajstić information content (AvgIpc) is 2.95. The zero-order valence-electron chi connectivity index (χ0n) is 12.1. The van der Waals surface area contributed by atoms with E-state index in [1.54, 1.807) is 0 Å². The summed E-state index contributed by atoms with van der Waals surface area (Å²) in [5.41, 5.74) is 2.33. The van der Waals surface area contributed by atoms with Crippen LogP contribution >= 0.6 is 0 Å². The molecule has 1 N–H and O–H groups in total. The number of nitrogens with zero attached hydrogens (tertiary/aromatic N) is 2. The minimum absolute atomic E-state index is 0.0730. The lowest BCUT2D eigenvalue weighted by atomic mass is 10.0. The lowest BCUT2D eigenvalue weighted by Gasteiger charge is -2.29. The molecule has 2 aliphatic heterocycles. The van der Waals surface area contributed by atoms with Gasteiger partial charge in [-0.15, -0.1) is 0 Å². The fourth-order valence-corrected chi connectivity index (χ4v) is 2.92. The molecule has 0 aliphatic carbocycles. The molecule has 2 unspecified atom stereocenters. The summed E-state index contributed by atoms with van der Waals surface area (Å²) in [6, 6.07) is 20.8. The van der Waals surface area contributed by atoms with Gasteiger partial charge >= 0.3 is 0 Å². The third kappa shape index (κ3) is 2.31. The third-order valence-electron chi connectivity index (χ3n) is 3.97. The van der Waals surface area contributed by atoms with Gasteiger partial charge in [0.05, 0.1) is 0 Å². The Bertz CT molecular complexity index is 732. The Morgan fingerprint density at radius 1 is 0.864 bits per heavy atom. The van der Waals surface area contributed by atoms with Crippen molar-refractivity contribution in [1.29, 1.82) is 0 Å². The number of fused-ring (bicyclic) bond motifs is 1. The van der Waals surface area contributed by atoms with E-state index in [9.17, 15) is 0 Å². The molecule has 0 radical (unpaired) electrons.